The maximum absolute atomic E-state index is 11.3. The van der Waals surface area contributed by atoms with Gasteiger partial charge in [-0.3, -0.25) is 0 Å². The van der Waals surface area contributed by atoms with Crippen LogP contribution in [0, 0.1) is 0 Å². The molecule has 2 aromatic rings. The van der Waals surface area contributed by atoms with Crippen LogP contribution in [0.4, 0.5) is 0 Å². The third kappa shape index (κ3) is 7.28. The van der Waals surface area contributed by atoms with Gasteiger partial charge in [0.1, 0.15) is 17.2 Å². The maximum Gasteiger partial charge on any atom is 0.335 e. The number of aryl methyl sites for hydroxylation is 1. The number of rotatable bonds is 13. The van der Waals surface area contributed by atoms with Crippen LogP contribution >= 0.6 is 0 Å². The van der Waals surface area contributed by atoms with E-state index in [9.17, 15) is 9.90 Å². The average molecular weight is 462 g/mol. The summed E-state index contributed by atoms with van der Waals surface area (Å²) in [5.41, 5.74) is 1.66. The van der Waals surface area contributed by atoms with Gasteiger partial charge in [-0.1, -0.05) is 19.9 Å². The van der Waals surface area contributed by atoms with E-state index in [1.54, 1.807) is 7.11 Å². The predicted molar refractivity (Wildman–Crippen MR) is 122 cm³/mol. The van der Waals surface area contributed by atoms with E-state index in [0.717, 1.165) is 61.3 Å². The van der Waals surface area contributed by atoms with Gasteiger partial charge in [-0.15, -0.1) is 0 Å². The molecule has 8 nitrogen and oxygen atoms in total. The Balaban J connectivity index is 1.55. The molecule has 1 aromatic heterocycles. The van der Waals surface area contributed by atoms with E-state index >= 15 is 0 Å². The Bertz CT molecular complexity index is 881. The molecule has 1 aliphatic rings. The average Bonchev–Trinajstić information content (AvgIpc) is 3.26. The van der Waals surface area contributed by atoms with Crippen molar-refractivity contribution < 1.29 is 33.3 Å². The smallest absolute Gasteiger partial charge is 0.335 e. The van der Waals surface area contributed by atoms with Crippen molar-refractivity contribution in [3.05, 3.63) is 35.7 Å². The van der Waals surface area contributed by atoms with Gasteiger partial charge in [0.15, 0.2) is 6.10 Å². The van der Waals surface area contributed by atoms with Gasteiger partial charge in [-0.2, -0.15) is 0 Å². The number of hydrogen-bond acceptors (Lipinski definition) is 7. The minimum atomic E-state index is -0.989. The lowest BCUT2D eigenvalue weighted by atomic mass is 9.95. The van der Waals surface area contributed by atoms with Gasteiger partial charge in [-0.25, -0.2) is 9.78 Å². The second kappa shape index (κ2) is 12.7. The monoisotopic (exact) mass is 461 g/mol. The molecule has 1 unspecified atom stereocenters. The van der Waals surface area contributed by atoms with Crippen molar-refractivity contribution >= 4 is 5.97 Å². The summed E-state index contributed by atoms with van der Waals surface area (Å²) in [4.78, 5) is 16.0. The zero-order valence-electron chi connectivity index (χ0n) is 19.7. The Morgan fingerprint density at radius 1 is 1.24 bits per heavy atom. The van der Waals surface area contributed by atoms with Crippen LogP contribution in [-0.2, 0) is 32.0 Å². The number of methoxy groups -OCH3 is 1. The molecule has 0 bridgehead atoms. The topological polar surface area (TPSA) is 100 Å². The van der Waals surface area contributed by atoms with E-state index in [2.05, 4.69) is 4.98 Å². The Morgan fingerprint density at radius 2 is 2.03 bits per heavy atom. The molecule has 1 aliphatic carbocycles. The van der Waals surface area contributed by atoms with Gasteiger partial charge in [0.2, 0.25) is 5.89 Å². The predicted octanol–water partition coefficient (Wildman–Crippen LogP) is 4.64. The molecule has 1 heterocycles. The number of carbonyl (C=O) groups is 1. The molecule has 1 saturated carbocycles. The van der Waals surface area contributed by atoms with Crippen molar-refractivity contribution in [2.24, 2.45) is 0 Å². The van der Waals surface area contributed by atoms with E-state index in [1.807, 2.05) is 38.1 Å². The summed E-state index contributed by atoms with van der Waals surface area (Å²) in [6, 6.07) is 7.63. The molecular formula is C25H35NO7. The lowest BCUT2D eigenvalue weighted by Gasteiger charge is -2.29. The molecule has 0 aliphatic heterocycles. The molecule has 0 saturated heterocycles. The second-order valence-electron chi connectivity index (χ2n) is 8.23. The molecule has 1 fully saturated rings. The lowest BCUT2D eigenvalue weighted by molar-refractivity contribution is -0.157. The highest BCUT2D eigenvalue weighted by Crippen LogP contribution is 2.28. The van der Waals surface area contributed by atoms with Crippen molar-refractivity contribution in [2.75, 3.05) is 20.3 Å². The number of carboxylic acid groups (broad SMARTS) is 1. The molecule has 1 N–H and O–H groups in total. The number of benzene rings is 1. The van der Waals surface area contributed by atoms with E-state index in [1.165, 1.54) is 0 Å². The largest absolute Gasteiger partial charge is 0.497 e. The van der Waals surface area contributed by atoms with Crippen LogP contribution in [-0.4, -0.2) is 54.7 Å². The van der Waals surface area contributed by atoms with Crippen LogP contribution in [0.1, 0.15) is 57.4 Å². The summed E-state index contributed by atoms with van der Waals surface area (Å²) >= 11 is 0. The number of hydrogen-bond donors (Lipinski definition) is 1. The summed E-state index contributed by atoms with van der Waals surface area (Å²) in [7, 11) is 1.63. The minimum absolute atomic E-state index is 0.0327. The fourth-order valence-electron chi connectivity index (χ4n) is 3.93. The Morgan fingerprint density at radius 3 is 2.73 bits per heavy atom. The Kier molecular flexibility index (Phi) is 9.72. The maximum atomic E-state index is 11.3. The van der Waals surface area contributed by atoms with Crippen LogP contribution in [0.5, 0.6) is 5.75 Å². The highest BCUT2D eigenvalue weighted by atomic mass is 16.6. The van der Waals surface area contributed by atoms with E-state index in [-0.39, 0.29) is 18.8 Å². The normalized spacial score (nSPS) is 19.4. The molecule has 33 heavy (non-hydrogen) atoms. The fraction of sp³-hybridized carbons (Fsp3) is 0.600. The molecule has 0 spiro atoms. The number of carboxylic acids is 1. The van der Waals surface area contributed by atoms with Gasteiger partial charge < -0.3 is 28.5 Å². The highest BCUT2D eigenvalue weighted by Gasteiger charge is 2.27. The lowest BCUT2D eigenvalue weighted by Crippen LogP contribution is -2.34. The molecular weight excluding hydrogens is 426 g/mol. The van der Waals surface area contributed by atoms with E-state index in [4.69, 9.17) is 23.4 Å². The van der Waals surface area contributed by atoms with E-state index in [0.29, 0.717) is 19.1 Å². The molecule has 0 radical (unpaired) electrons. The van der Waals surface area contributed by atoms with Gasteiger partial charge in [0.25, 0.3) is 0 Å². The summed E-state index contributed by atoms with van der Waals surface area (Å²) in [6.07, 6.45) is 4.09. The summed E-state index contributed by atoms with van der Waals surface area (Å²) in [6.45, 7) is 4.81. The molecule has 8 heteroatoms. The van der Waals surface area contributed by atoms with E-state index < -0.39 is 12.1 Å². The molecule has 3 atom stereocenters. The first kappa shape index (κ1) is 25.2. The number of nitrogens with zero attached hydrogens (tertiary/aromatic N) is 1. The van der Waals surface area contributed by atoms with Crippen LogP contribution in [0.25, 0.3) is 11.5 Å². The molecule has 3 rings (SSSR count). The van der Waals surface area contributed by atoms with Crippen molar-refractivity contribution in [2.45, 2.75) is 77.3 Å². The SMILES string of the molecule is CCCOC(CO[C@@H]1CCC[C@H](OCc2nc(-c3cccc(OC)c3)oc2CC)C1)C(=O)O. The van der Waals surface area contributed by atoms with Crippen LogP contribution in [0.2, 0.25) is 0 Å². The first-order valence-corrected chi connectivity index (χ1v) is 11.7. The minimum Gasteiger partial charge on any atom is -0.497 e. The van der Waals surface area contributed by atoms with Crippen molar-refractivity contribution in [3.8, 4) is 17.2 Å². The zero-order chi connectivity index (χ0) is 23.6. The second-order valence-corrected chi connectivity index (χ2v) is 8.23. The fourth-order valence-corrected chi connectivity index (χ4v) is 3.93. The standard InChI is InChI=1S/C25H35NO7/c1-4-12-30-23(25(27)28)16-32-20-11-7-10-19(14-20)31-15-21-22(5-2)33-24(26-21)17-8-6-9-18(13-17)29-3/h6,8-9,13,19-20,23H,4-5,7,10-12,14-16H2,1-3H3,(H,27,28)/t19-,20+,23?/m0/s1. The Hall–Kier alpha value is -2.42. The van der Waals surface area contributed by atoms with Crippen LogP contribution in [0.15, 0.2) is 28.7 Å². The number of aromatic nitrogens is 1. The first-order valence-electron chi connectivity index (χ1n) is 11.7. The highest BCUT2D eigenvalue weighted by molar-refractivity contribution is 5.72. The van der Waals surface area contributed by atoms with Gasteiger partial charge >= 0.3 is 5.97 Å². The van der Waals surface area contributed by atoms with Gasteiger partial charge in [-0.05, 0) is 50.3 Å². The number of oxazole rings is 1. The summed E-state index contributed by atoms with van der Waals surface area (Å²) in [5.74, 6) is 1.13. The molecule has 0 amide bonds. The Labute approximate surface area is 195 Å². The molecule has 182 valence electrons. The number of aliphatic carboxylic acids is 1. The summed E-state index contributed by atoms with van der Waals surface area (Å²) in [5, 5.41) is 9.30. The van der Waals surface area contributed by atoms with Crippen molar-refractivity contribution in [1.82, 2.24) is 4.98 Å². The van der Waals surface area contributed by atoms with Crippen molar-refractivity contribution in [1.29, 1.82) is 0 Å². The third-order valence-corrected chi connectivity index (χ3v) is 5.73. The van der Waals surface area contributed by atoms with Gasteiger partial charge in [0, 0.05) is 18.6 Å². The molecule has 1 aromatic carbocycles. The quantitative estimate of drug-likeness (QED) is 0.461. The zero-order valence-corrected chi connectivity index (χ0v) is 19.7. The van der Waals surface area contributed by atoms with Crippen LogP contribution in [0.3, 0.4) is 0 Å². The van der Waals surface area contributed by atoms with Crippen LogP contribution < -0.4 is 4.74 Å². The summed E-state index contributed by atoms with van der Waals surface area (Å²) < 4.78 is 28.7. The van der Waals surface area contributed by atoms with Gasteiger partial charge in [0.05, 0.1) is 32.5 Å². The van der Waals surface area contributed by atoms with Crippen molar-refractivity contribution in [3.63, 3.8) is 0 Å². The third-order valence-electron chi connectivity index (χ3n) is 5.73. The number of ether oxygens (including phenoxy) is 4. The first-order chi connectivity index (χ1) is 16.0.